The van der Waals surface area contributed by atoms with E-state index in [1.54, 1.807) is 7.11 Å². The third-order valence-electron chi connectivity index (χ3n) is 6.26. The first-order valence-electron chi connectivity index (χ1n) is 11.3. The molecule has 2 amide bonds. The number of aryl methyl sites for hydroxylation is 2. The van der Waals surface area contributed by atoms with Crippen molar-refractivity contribution in [2.24, 2.45) is 0 Å². The zero-order valence-electron chi connectivity index (χ0n) is 19.8. The molecule has 1 fully saturated rings. The molecule has 2 heterocycles. The number of hydrogen-bond acceptors (Lipinski definition) is 6. The van der Waals surface area contributed by atoms with E-state index in [-0.39, 0.29) is 25.0 Å². The van der Waals surface area contributed by atoms with E-state index >= 15 is 0 Å². The first kappa shape index (κ1) is 22.9. The van der Waals surface area contributed by atoms with Gasteiger partial charge in [0, 0.05) is 26.2 Å². The average molecular weight is 450 g/mol. The molecule has 0 aliphatic carbocycles. The van der Waals surface area contributed by atoms with Crippen LogP contribution in [0.3, 0.4) is 0 Å². The van der Waals surface area contributed by atoms with Crippen LogP contribution in [0.1, 0.15) is 16.7 Å². The molecule has 1 saturated heterocycles. The molecule has 2 aromatic carbocycles. The Bertz CT molecular complexity index is 1070. The van der Waals surface area contributed by atoms with Gasteiger partial charge in [0.25, 0.3) is 11.8 Å². The average Bonchev–Trinajstić information content (AvgIpc) is 3.05. The van der Waals surface area contributed by atoms with E-state index in [0.717, 1.165) is 48.6 Å². The van der Waals surface area contributed by atoms with Crippen molar-refractivity contribution in [3.63, 3.8) is 0 Å². The number of hydrogen-bond donors (Lipinski definition) is 0. The van der Waals surface area contributed by atoms with E-state index in [1.165, 1.54) is 4.90 Å². The second kappa shape index (κ2) is 9.67. The Labute approximate surface area is 195 Å². The minimum Gasteiger partial charge on any atom is -0.497 e. The summed E-state index contributed by atoms with van der Waals surface area (Å²) >= 11 is 0. The molecule has 0 bridgehead atoms. The van der Waals surface area contributed by atoms with E-state index < -0.39 is 0 Å². The lowest BCUT2D eigenvalue weighted by Gasteiger charge is -2.34. The summed E-state index contributed by atoms with van der Waals surface area (Å²) in [5, 5.41) is 0. The highest BCUT2D eigenvalue weighted by Crippen LogP contribution is 2.34. The Kier molecular flexibility index (Phi) is 6.70. The van der Waals surface area contributed by atoms with Crippen LogP contribution in [0.2, 0.25) is 0 Å². The Morgan fingerprint density at radius 2 is 1.55 bits per heavy atom. The number of carbonyl (C=O) groups is 2. The fourth-order valence-electron chi connectivity index (χ4n) is 4.35. The van der Waals surface area contributed by atoms with Gasteiger partial charge in [0.15, 0.2) is 0 Å². The maximum absolute atomic E-state index is 13.5. The highest BCUT2D eigenvalue weighted by atomic mass is 16.5. The van der Waals surface area contributed by atoms with E-state index in [2.05, 4.69) is 22.9 Å². The fraction of sp³-hybridized carbons (Fsp3) is 0.385. The number of imide groups is 1. The SMILES string of the molecule is COc1ccc(OCCN2C(=O)C(c3ccc(C)cc3C)=C(N3CCN(C)CC3)C2=O)cc1. The van der Waals surface area contributed by atoms with Gasteiger partial charge < -0.3 is 19.3 Å². The predicted octanol–water partition coefficient (Wildman–Crippen LogP) is 2.72. The zero-order valence-corrected chi connectivity index (χ0v) is 19.8. The molecule has 33 heavy (non-hydrogen) atoms. The molecule has 7 heteroatoms. The third-order valence-corrected chi connectivity index (χ3v) is 6.26. The van der Waals surface area contributed by atoms with Crippen LogP contribution < -0.4 is 9.47 Å². The van der Waals surface area contributed by atoms with Crippen LogP contribution in [0, 0.1) is 13.8 Å². The van der Waals surface area contributed by atoms with Gasteiger partial charge in [0.05, 0.1) is 19.2 Å². The quantitative estimate of drug-likeness (QED) is 0.606. The molecule has 0 radical (unpaired) electrons. The number of piperazine rings is 1. The lowest BCUT2D eigenvalue weighted by atomic mass is 9.97. The van der Waals surface area contributed by atoms with Gasteiger partial charge in [0.2, 0.25) is 0 Å². The number of likely N-dealkylation sites (N-methyl/N-ethyl adjacent to an activating group) is 1. The molecule has 4 rings (SSSR count). The summed E-state index contributed by atoms with van der Waals surface area (Å²) < 4.78 is 11.0. The molecule has 0 spiro atoms. The van der Waals surface area contributed by atoms with Crippen molar-refractivity contribution in [2.45, 2.75) is 13.8 Å². The number of benzene rings is 2. The van der Waals surface area contributed by atoms with E-state index in [0.29, 0.717) is 17.0 Å². The fourth-order valence-corrected chi connectivity index (χ4v) is 4.35. The van der Waals surface area contributed by atoms with Crippen LogP contribution in [-0.4, -0.2) is 80.0 Å². The lowest BCUT2D eigenvalue weighted by molar-refractivity contribution is -0.138. The van der Waals surface area contributed by atoms with Crippen molar-refractivity contribution in [2.75, 3.05) is 53.5 Å². The maximum atomic E-state index is 13.5. The van der Waals surface area contributed by atoms with Crippen molar-refractivity contribution in [1.29, 1.82) is 0 Å². The van der Waals surface area contributed by atoms with Crippen molar-refractivity contribution in [3.8, 4) is 11.5 Å². The van der Waals surface area contributed by atoms with Crippen molar-refractivity contribution >= 4 is 17.4 Å². The molecule has 0 saturated carbocycles. The molecule has 7 nitrogen and oxygen atoms in total. The minimum absolute atomic E-state index is 0.190. The number of methoxy groups -OCH3 is 1. The second-order valence-electron chi connectivity index (χ2n) is 8.62. The smallest absolute Gasteiger partial charge is 0.277 e. The van der Waals surface area contributed by atoms with Gasteiger partial charge in [-0.3, -0.25) is 14.5 Å². The molecule has 0 unspecified atom stereocenters. The number of ether oxygens (including phenoxy) is 2. The van der Waals surface area contributed by atoms with Gasteiger partial charge in [-0.25, -0.2) is 0 Å². The second-order valence-corrected chi connectivity index (χ2v) is 8.62. The maximum Gasteiger partial charge on any atom is 0.277 e. The van der Waals surface area contributed by atoms with Gasteiger partial charge in [-0.15, -0.1) is 0 Å². The Morgan fingerprint density at radius 1 is 0.879 bits per heavy atom. The molecule has 0 N–H and O–H groups in total. The highest BCUT2D eigenvalue weighted by molar-refractivity contribution is 6.35. The van der Waals surface area contributed by atoms with E-state index in [9.17, 15) is 9.59 Å². The number of amides is 2. The molecular formula is C26H31N3O4. The normalized spacial score (nSPS) is 17.2. The summed E-state index contributed by atoms with van der Waals surface area (Å²) in [5.41, 5.74) is 3.97. The van der Waals surface area contributed by atoms with Gasteiger partial charge in [0.1, 0.15) is 23.8 Å². The minimum atomic E-state index is -0.251. The van der Waals surface area contributed by atoms with Crippen LogP contribution >= 0.6 is 0 Å². The first-order chi connectivity index (χ1) is 15.9. The van der Waals surface area contributed by atoms with E-state index in [1.807, 2.05) is 50.2 Å². The summed E-state index contributed by atoms with van der Waals surface area (Å²) in [6.07, 6.45) is 0. The molecule has 0 aromatic heterocycles. The first-order valence-corrected chi connectivity index (χ1v) is 11.3. The molecule has 0 atom stereocenters. The summed E-state index contributed by atoms with van der Waals surface area (Å²) in [5.74, 6) is 0.917. The number of nitrogens with zero attached hydrogens (tertiary/aromatic N) is 3. The molecule has 2 aromatic rings. The largest absolute Gasteiger partial charge is 0.497 e. The summed E-state index contributed by atoms with van der Waals surface area (Å²) in [4.78, 5) is 32.7. The van der Waals surface area contributed by atoms with Gasteiger partial charge in [-0.2, -0.15) is 0 Å². The van der Waals surface area contributed by atoms with Crippen molar-refractivity contribution in [3.05, 3.63) is 64.9 Å². The monoisotopic (exact) mass is 449 g/mol. The summed E-state index contributed by atoms with van der Waals surface area (Å²) in [6.45, 7) is 7.57. The summed E-state index contributed by atoms with van der Waals surface area (Å²) in [7, 11) is 3.68. The molecule has 174 valence electrons. The van der Waals surface area contributed by atoms with Crippen LogP contribution in [0.5, 0.6) is 11.5 Å². The van der Waals surface area contributed by atoms with Crippen LogP contribution in [0.15, 0.2) is 48.2 Å². The van der Waals surface area contributed by atoms with Gasteiger partial charge in [-0.1, -0.05) is 23.8 Å². The van der Waals surface area contributed by atoms with Crippen LogP contribution in [-0.2, 0) is 9.59 Å². The van der Waals surface area contributed by atoms with Crippen LogP contribution in [0.4, 0.5) is 0 Å². The highest BCUT2D eigenvalue weighted by Gasteiger charge is 2.42. The van der Waals surface area contributed by atoms with Gasteiger partial charge in [-0.05, 0) is 56.3 Å². The van der Waals surface area contributed by atoms with E-state index in [4.69, 9.17) is 9.47 Å². The zero-order chi connectivity index (χ0) is 23.5. The van der Waals surface area contributed by atoms with Crippen molar-refractivity contribution < 1.29 is 19.1 Å². The Morgan fingerprint density at radius 3 is 2.18 bits per heavy atom. The van der Waals surface area contributed by atoms with Gasteiger partial charge >= 0.3 is 0 Å². The van der Waals surface area contributed by atoms with Crippen molar-refractivity contribution in [1.82, 2.24) is 14.7 Å². The number of rotatable bonds is 7. The Hall–Kier alpha value is -3.32. The Balaban J connectivity index is 1.57. The third kappa shape index (κ3) is 4.73. The molecule has 2 aliphatic rings. The predicted molar refractivity (Wildman–Crippen MR) is 127 cm³/mol. The topological polar surface area (TPSA) is 62.3 Å². The summed E-state index contributed by atoms with van der Waals surface area (Å²) in [6, 6.07) is 13.2. The van der Waals surface area contributed by atoms with Crippen LogP contribution in [0.25, 0.3) is 5.57 Å². The number of carbonyl (C=O) groups excluding carboxylic acids is 2. The standard InChI is InChI=1S/C26H31N3O4/c1-18-5-10-22(19(2)17-18)23-24(28-13-11-27(3)12-14-28)26(31)29(25(23)30)15-16-33-21-8-6-20(32-4)7-9-21/h5-10,17H,11-16H2,1-4H3. The molecular weight excluding hydrogens is 418 g/mol. The lowest BCUT2D eigenvalue weighted by Crippen LogP contribution is -2.46. The molecule has 2 aliphatic heterocycles.